The molecule has 3 heteroatoms. The van der Waals surface area contributed by atoms with Crippen molar-refractivity contribution in [3.05, 3.63) is 28.8 Å². The molecule has 2 N–H and O–H groups in total. The number of aliphatic hydroxyl groups is 1. The predicted octanol–water partition coefficient (Wildman–Crippen LogP) is 2.46. The zero-order chi connectivity index (χ0) is 14.4. The summed E-state index contributed by atoms with van der Waals surface area (Å²) in [6.45, 7) is 9.55. The molecule has 19 heavy (non-hydrogen) atoms. The van der Waals surface area contributed by atoms with E-state index >= 15 is 0 Å². The molecule has 3 nitrogen and oxygen atoms in total. The van der Waals surface area contributed by atoms with E-state index in [2.05, 4.69) is 39.1 Å². The summed E-state index contributed by atoms with van der Waals surface area (Å²) in [4.78, 5) is 0. The van der Waals surface area contributed by atoms with E-state index in [0.717, 1.165) is 18.7 Å². The third-order valence-corrected chi connectivity index (χ3v) is 3.87. The maximum atomic E-state index is 9.28. The van der Waals surface area contributed by atoms with Crippen molar-refractivity contribution in [2.45, 2.75) is 40.2 Å². The Morgan fingerprint density at radius 2 is 1.89 bits per heavy atom. The van der Waals surface area contributed by atoms with Crippen LogP contribution in [0.3, 0.4) is 0 Å². The van der Waals surface area contributed by atoms with E-state index in [-0.39, 0.29) is 12.6 Å². The maximum absolute atomic E-state index is 9.28. The smallest absolute Gasteiger partial charge is 0.122 e. The molecule has 0 aromatic heterocycles. The van der Waals surface area contributed by atoms with Crippen LogP contribution in [0, 0.1) is 19.8 Å². The number of nitrogens with one attached hydrogen (secondary N) is 1. The van der Waals surface area contributed by atoms with Gasteiger partial charge in [-0.1, -0.05) is 19.9 Å². The predicted molar refractivity (Wildman–Crippen MR) is 79.9 cm³/mol. The Hall–Kier alpha value is -1.06. The van der Waals surface area contributed by atoms with Crippen LogP contribution in [0.5, 0.6) is 5.75 Å². The van der Waals surface area contributed by atoms with Gasteiger partial charge in [-0.05, 0) is 55.5 Å². The van der Waals surface area contributed by atoms with E-state index in [4.69, 9.17) is 4.74 Å². The molecule has 0 amide bonds. The second-order valence-electron chi connectivity index (χ2n) is 5.41. The minimum atomic E-state index is 0.180. The lowest BCUT2D eigenvalue weighted by Crippen LogP contribution is -2.38. The van der Waals surface area contributed by atoms with Gasteiger partial charge in [-0.15, -0.1) is 0 Å². The van der Waals surface area contributed by atoms with Crippen LogP contribution < -0.4 is 10.1 Å². The molecule has 0 heterocycles. The van der Waals surface area contributed by atoms with Gasteiger partial charge in [0.05, 0.1) is 13.7 Å². The molecule has 0 fully saturated rings. The van der Waals surface area contributed by atoms with Crippen LogP contribution >= 0.6 is 0 Å². The van der Waals surface area contributed by atoms with Crippen molar-refractivity contribution in [2.75, 3.05) is 20.3 Å². The Morgan fingerprint density at radius 1 is 1.21 bits per heavy atom. The molecule has 0 spiro atoms. The Balaban J connectivity index is 2.61. The van der Waals surface area contributed by atoms with Crippen LogP contribution in [0.1, 0.15) is 30.5 Å². The molecule has 0 radical (unpaired) electrons. The number of methoxy groups -OCH3 is 1. The lowest BCUT2D eigenvalue weighted by Gasteiger charge is -2.20. The number of rotatable bonds is 7. The van der Waals surface area contributed by atoms with Crippen molar-refractivity contribution in [2.24, 2.45) is 5.92 Å². The highest BCUT2D eigenvalue weighted by atomic mass is 16.5. The first-order chi connectivity index (χ1) is 9.01. The van der Waals surface area contributed by atoms with Gasteiger partial charge in [0.25, 0.3) is 0 Å². The molecule has 108 valence electrons. The van der Waals surface area contributed by atoms with Crippen molar-refractivity contribution in [1.82, 2.24) is 5.32 Å². The van der Waals surface area contributed by atoms with Gasteiger partial charge in [0.15, 0.2) is 0 Å². The fourth-order valence-electron chi connectivity index (χ4n) is 2.25. The molecule has 1 aromatic carbocycles. The summed E-state index contributed by atoms with van der Waals surface area (Å²) in [6, 6.07) is 4.34. The summed E-state index contributed by atoms with van der Waals surface area (Å²) in [6.07, 6.45) is 0.972. The first-order valence-corrected chi connectivity index (χ1v) is 6.98. The zero-order valence-electron chi connectivity index (χ0n) is 12.8. The Morgan fingerprint density at radius 3 is 2.42 bits per heavy atom. The van der Waals surface area contributed by atoms with Gasteiger partial charge in [-0.25, -0.2) is 0 Å². The third-order valence-electron chi connectivity index (χ3n) is 3.87. The van der Waals surface area contributed by atoms with E-state index in [1.165, 1.54) is 16.7 Å². The molecule has 1 atom stereocenters. The van der Waals surface area contributed by atoms with Gasteiger partial charge < -0.3 is 15.2 Å². The summed E-state index contributed by atoms with van der Waals surface area (Å²) in [7, 11) is 1.71. The summed E-state index contributed by atoms with van der Waals surface area (Å²) in [5.41, 5.74) is 3.85. The Bertz CT molecular complexity index is 402. The van der Waals surface area contributed by atoms with Crippen LogP contribution in [0.4, 0.5) is 0 Å². The van der Waals surface area contributed by atoms with Gasteiger partial charge in [0, 0.05) is 6.04 Å². The summed E-state index contributed by atoms with van der Waals surface area (Å²) in [5.74, 6) is 1.40. The van der Waals surface area contributed by atoms with Gasteiger partial charge in [0.1, 0.15) is 5.75 Å². The molecule has 0 aliphatic heterocycles. The van der Waals surface area contributed by atoms with Crippen LogP contribution in [-0.2, 0) is 6.42 Å². The molecule has 0 aliphatic carbocycles. The average molecular weight is 265 g/mol. The van der Waals surface area contributed by atoms with Gasteiger partial charge in [0.2, 0.25) is 0 Å². The molecular formula is C16H27NO2. The quantitative estimate of drug-likeness (QED) is 0.796. The monoisotopic (exact) mass is 265 g/mol. The minimum absolute atomic E-state index is 0.180. The number of hydrogen-bond acceptors (Lipinski definition) is 3. The van der Waals surface area contributed by atoms with Crippen molar-refractivity contribution in [1.29, 1.82) is 0 Å². The Kier molecular flexibility index (Phi) is 6.32. The number of aliphatic hydroxyl groups excluding tert-OH is 1. The molecular weight excluding hydrogens is 238 g/mol. The van der Waals surface area contributed by atoms with Crippen LogP contribution in [0.15, 0.2) is 12.1 Å². The minimum Gasteiger partial charge on any atom is -0.496 e. The van der Waals surface area contributed by atoms with Crippen LogP contribution in [0.2, 0.25) is 0 Å². The van der Waals surface area contributed by atoms with Crippen molar-refractivity contribution >= 4 is 0 Å². The van der Waals surface area contributed by atoms with E-state index in [1.807, 2.05) is 6.07 Å². The van der Waals surface area contributed by atoms with Gasteiger partial charge in [-0.2, -0.15) is 0 Å². The first kappa shape index (κ1) is 16.0. The number of hydrogen-bond donors (Lipinski definition) is 2. The van der Waals surface area contributed by atoms with Gasteiger partial charge >= 0.3 is 0 Å². The second-order valence-corrected chi connectivity index (χ2v) is 5.41. The topological polar surface area (TPSA) is 41.5 Å². The standard InChI is InChI=1S/C16H27NO2/c1-11(2)15(10-18)17-9-8-14-6-7-16(19-5)13(4)12(14)3/h6-7,11,15,17-18H,8-10H2,1-5H3. The molecule has 0 saturated carbocycles. The van der Waals surface area contributed by atoms with Gasteiger partial charge in [-0.3, -0.25) is 0 Å². The normalized spacial score (nSPS) is 12.8. The molecule has 0 saturated heterocycles. The Labute approximate surface area is 117 Å². The fraction of sp³-hybridized carbons (Fsp3) is 0.625. The number of ether oxygens (including phenoxy) is 1. The molecule has 1 rings (SSSR count). The molecule has 1 aromatic rings. The van der Waals surface area contributed by atoms with E-state index in [0.29, 0.717) is 5.92 Å². The molecule has 0 bridgehead atoms. The van der Waals surface area contributed by atoms with Crippen LogP contribution in [-0.4, -0.2) is 31.4 Å². The lowest BCUT2D eigenvalue weighted by molar-refractivity contribution is 0.212. The average Bonchev–Trinajstić information content (AvgIpc) is 2.39. The highest BCUT2D eigenvalue weighted by molar-refractivity contribution is 5.43. The maximum Gasteiger partial charge on any atom is 0.122 e. The SMILES string of the molecule is COc1ccc(CCNC(CO)C(C)C)c(C)c1C. The zero-order valence-corrected chi connectivity index (χ0v) is 12.8. The second kappa shape index (κ2) is 7.51. The van der Waals surface area contributed by atoms with Crippen molar-refractivity contribution in [3.63, 3.8) is 0 Å². The summed E-state index contributed by atoms with van der Waals surface area (Å²) >= 11 is 0. The number of benzene rings is 1. The van der Waals surface area contributed by atoms with Crippen molar-refractivity contribution in [3.8, 4) is 5.75 Å². The fourth-order valence-corrected chi connectivity index (χ4v) is 2.25. The van der Waals surface area contributed by atoms with Crippen LogP contribution in [0.25, 0.3) is 0 Å². The van der Waals surface area contributed by atoms with E-state index < -0.39 is 0 Å². The van der Waals surface area contributed by atoms with E-state index in [1.54, 1.807) is 7.11 Å². The lowest BCUT2D eigenvalue weighted by atomic mass is 9.99. The third kappa shape index (κ3) is 4.22. The first-order valence-electron chi connectivity index (χ1n) is 6.98. The highest BCUT2D eigenvalue weighted by Crippen LogP contribution is 2.24. The van der Waals surface area contributed by atoms with E-state index in [9.17, 15) is 5.11 Å². The molecule has 1 unspecified atom stereocenters. The summed E-state index contributed by atoms with van der Waals surface area (Å²) < 4.78 is 5.32. The van der Waals surface area contributed by atoms with Crippen molar-refractivity contribution < 1.29 is 9.84 Å². The summed E-state index contributed by atoms with van der Waals surface area (Å²) in [5, 5.41) is 12.7. The largest absolute Gasteiger partial charge is 0.496 e. The molecule has 0 aliphatic rings. The highest BCUT2D eigenvalue weighted by Gasteiger charge is 2.11.